The van der Waals surface area contributed by atoms with Gasteiger partial charge in [0.15, 0.2) is 5.96 Å². The predicted molar refractivity (Wildman–Crippen MR) is 118 cm³/mol. The van der Waals surface area contributed by atoms with E-state index in [9.17, 15) is 4.79 Å². The lowest BCUT2D eigenvalue weighted by Crippen LogP contribution is -2.47. The third-order valence-corrected chi connectivity index (χ3v) is 6.65. The highest BCUT2D eigenvalue weighted by atomic mass is 32.2. The quantitative estimate of drug-likeness (QED) is 0.513. The molecule has 1 aromatic heterocycles. The van der Waals surface area contributed by atoms with E-state index >= 15 is 0 Å². The Bertz CT molecular complexity index is 664. The second kappa shape index (κ2) is 11.4. The van der Waals surface area contributed by atoms with E-state index in [0.717, 1.165) is 81.6 Å². The SMILES string of the molecule is CCNC(=NCCn1cnnc1CC)NC1CCC(C(=O)N2CCSCC2)CC1. The van der Waals surface area contributed by atoms with Crippen LogP contribution in [0.25, 0.3) is 0 Å². The van der Waals surface area contributed by atoms with Crippen molar-refractivity contribution in [3.05, 3.63) is 12.2 Å². The summed E-state index contributed by atoms with van der Waals surface area (Å²) in [6, 6.07) is 0.384. The summed E-state index contributed by atoms with van der Waals surface area (Å²) in [6.07, 6.45) is 6.64. The number of nitrogens with zero attached hydrogens (tertiary/aromatic N) is 5. The van der Waals surface area contributed by atoms with Crippen molar-refractivity contribution < 1.29 is 4.79 Å². The van der Waals surface area contributed by atoms with Crippen LogP contribution in [0.5, 0.6) is 0 Å². The molecule has 162 valence electrons. The van der Waals surface area contributed by atoms with Gasteiger partial charge < -0.3 is 20.1 Å². The molecule has 1 saturated heterocycles. The zero-order valence-corrected chi connectivity index (χ0v) is 18.6. The van der Waals surface area contributed by atoms with Gasteiger partial charge in [-0.3, -0.25) is 9.79 Å². The molecule has 0 atom stereocenters. The largest absolute Gasteiger partial charge is 0.357 e. The fourth-order valence-corrected chi connectivity index (χ4v) is 4.95. The summed E-state index contributed by atoms with van der Waals surface area (Å²) in [4.78, 5) is 19.5. The van der Waals surface area contributed by atoms with E-state index in [4.69, 9.17) is 4.99 Å². The standard InChI is InChI=1S/C20H35N7OS/c1-3-18-25-23-15-27(18)10-9-22-20(21-4-2)24-17-7-5-16(6-8-17)19(28)26-11-13-29-14-12-26/h15-17H,3-14H2,1-2H3,(H2,21,22,24). The van der Waals surface area contributed by atoms with E-state index in [1.807, 2.05) is 11.8 Å². The molecule has 3 rings (SSSR count). The minimum Gasteiger partial charge on any atom is -0.357 e. The molecule has 0 spiro atoms. The number of aliphatic imine (C=N–C) groups is 1. The molecule has 29 heavy (non-hydrogen) atoms. The van der Waals surface area contributed by atoms with Crippen LogP contribution in [0.4, 0.5) is 0 Å². The normalized spacial score (nSPS) is 23.1. The minimum atomic E-state index is 0.205. The van der Waals surface area contributed by atoms with Gasteiger partial charge in [0, 0.05) is 56.1 Å². The smallest absolute Gasteiger partial charge is 0.225 e. The Balaban J connectivity index is 1.45. The number of hydrogen-bond donors (Lipinski definition) is 2. The van der Waals surface area contributed by atoms with Crippen LogP contribution in [0, 0.1) is 5.92 Å². The summed E-state index contributed by atoms with van der Waals surface area (Å²) >= 11 is 1.95. The number of thioether (sulfide) groups is 1. The first-order valence-electron chi connectivity index (χ1n) is 11.0. The lowest BCUT2D eigenvalue weighted by atomic mass is 9.85. The van der Waals surface area contributed by atoms with Crippen LogP contribution in [0.15, 0.2) is 11.3 Å². The average Bonchev–Trinajstić information content (AvgIpc) is 3.22. The topological polar surface area (TPSA) is 87.4 Å². The first-order chi connectivity index (χ1) is 14.2. The Kier molecular flexibility index (Phi) is 8.64. The van der Waals surface area contributed by atoms with Gasteiger partial charge in [-0.2, -0.15) is 11.8 Å². The maximum atomic E-state index is 12.7. The van der Waals surface area contributed by atoms with E-state index in [1.165, 1.54) is 0 Å². The molecule has 0 aromatic carbocycles. The van der Waals surface area contributed by atoms with Crippen LogP contribution in [-0.2, 0) is 17.8 Å². The summed E-state index contributed by atoms with van der Waals surface area (Å²) < 4.78 is 2.06. The zero-order chi connectivity index (χ0) is 20.5. The maximum absolute atomic E-state index is 12.7. The molecule has 8 nitrogen and oxygen atoms in total. The summed E-state index contributed by atoms with van der Waals surface area (Å²) in [5, 5.41) is 15.0. The highest BCUT2D eigenvalue weighted by Crippen LogP contribution is 2.27. The number of aromatic nitrogens is 3. The molecule has 1 saturated carbocycles. The van der Waals surface area contributed by atoms with Gasteiger partial charge in [0.05, 0.1) is 6.54 Å². The zero-order valence-electron chi connectivity index (χ0n) is 17.8. The van der Waals surface area contributed by atoms with Gasteiger partial charge in [-0.1, -0.05) is 6.92 Å². The highest BCUT2D eigenvalue weighted by molar-refractivity contribution is 7.99. The Hall–Kier alpha value is -1.77. The fraction of sp³-hybridized carbons (Fsp3) is 0.800. The van der Waals surface area contributed by atoms with Crippen molar-refractivity contribution in [1.29, 1.82) is 0 Å². The lowest BCUT2D eigenvalue weighted by Gasteiger charge is -2.34. The molecule has 0 unspecified atom stereocenters. The molecule has 2 aliphatic rings. The Morgan fingerprint density at radius 1 is 1.24 bits per heavy atom. The summed E-state index contributed by atoms with van der Waals surface area (Å²) in [5.41, 5.74) is 0. The van der Waals surface area contributed by atoms with Gasteiger partial charge in [-0.05, 0) is 32.6 Å². The third-order valence-electron chi connectivity index (χ3n) is 5.71. The third kappa shape index (κ3) is 6.35. The van der Waals surface area contributed by atoms with Crippen molar-refractivity contribution >= 4 is 23.6 Å². The van der Waals surface area contributed by atoms with Crippen LogP contribution in [0.3, 0.4) is 0 Å². The molecule has 2 N–H and O–H groups in total. The number of hydrogen-bond acceptors (Lipinski definition) is 5. The van der Waals surface area contributed by atoms with Gasteiger partial charge in [-0.25, -0.2) is 0 Å². The molecule has 2 fully saturated rings. The first-order valence-corrected chi connectivity index (χ1v) is 12.1. The van der Waals surface area contributed by atoms with E-state index in [0.29, 0.717) is 18.5 Å². The second-order valence-electron chi connectivity index (χ2n) is 7.69. The molecule has 1 aliphatic heterocycles. The summed E-state index contributed by atoms with van der Waals surface area (Å²) in [7, 11) is 0. The van der Waals surface area contributed by atoms with Crippen molar-refractivity contribution in [2.75, 3.05) is 37.7 Å². The highest BCUT2D eigenvalue weighted by Gasteiger charge is 2.30. The molecule has 1 aliphatic carbocycles. The average molecular weight is 422 g/mol. The Labute approximate surface area is 178 Å². The number of guanidine groups is 1. The van der Waals surface area contributed by atoms with Crippen LogP contribution < -0.4 is 10.6 Å². The van der Waals surface area contributed by atoms with Crippen LogP contribution in [0.2, 0.25) is 0 Å². The van der Waals surface area contributed by atoms with Crippen molar-refractivity contribution in [1.82, 2.24) is 30.3 Å². The van der Waals surface area contributed by atoms with E-state index < -0.39 is 0 Å². The van der Waals surface area contributed by atoms with Crippen LogP contribution >= 0.6 is 11.8 Å². The van der Waals surface area contributed by atoms with Crippen molar-refractivity contribution in [3.63, 3.8) is 0 Å². The molecule has 1 aromatic rings. The molecule has 1 amide bonds. The molecule has 9 heteroatoms. The van der Waals surface area contributed by atoms with Gasteiger partial charge in [-0.15, -0.1) is 10.2 Å². The number of carbonyl (C=O) groups excluding carboxylic acids is 1. The van der Waals surface area contributed by atoms with E-state index in [-0.39, 0.29) is 5.92 Å². The van der Waals surface area contributed by atoms with Gasteiger partial charge in [0.1, 0.15) is 12.2 Å². The summed E-state index contributed by atoms with van der Waals surface area (Å²) in [6.45, 7) is 8.30. The fourth-order valence-electron chi connectivity index (χ4n) is 4.05. The van der Waals surface area contributed by atoms with E-state index in [2.05, 4.69) is 44.1 Å². The van der Waals surface area contributed by atoms with Crippen molar-refractivity contribution in [2.24, 2.45) is 10.9 Å². The van der Waals surface area contributed by atoms with Crippen LogP contribution in [0.1, 0.15) is 45.4 Å². The van der Waals surface area contributed by atoms with Gasteiger partial charge in [0.2, 0.25) is 5.91 Å². The van der Waals surface area contributed by atoms with Gasteiger partial charge in [0.25, 0.3) is 0 Å². The lowest BCUT2D eigenvalue weighted by molar-refractivity contribution is -0.136. The summed E-state index contributed by atoms with van der Waals surface area (Å²) in [5.74, 6) is 4.61. The number of carbonyl (C=O) groups is 1. The Morgan fingerprint density at radius 2 is 2.00 bits per heavy atom. The molecule has 0 radical (unpaired) electrons. The first kappa shape index (κ1) is 21.9. The second-order valence-corrected chi connectivity index (χ2v) is 8.91. The number of aryl methyl sites for hydroxylation is 1. The maximum Gasteiger partial charge on any atom is 0.225 e. The Morgan fingerprint density at radius 3 is 2.69 bits per heavy atom. The monoisotopic (exact) mass is 421 g/mol. The number of rotatable bonds is 7. The predicted octanol–water partition coefficient (Wildman–Crippen LogP) is 1.53. The minimum absolute atomic E-state index is 0.205. The number of nitrogens with one attached hydrogen (secondary N) is 2. The van der Waals surface area contributed by atoms with Crippen molar-refractivity contribution in [3.8, 4) is 0 Å². The van der Waals surface area contributed by atoms with Crippen LogP contribution in [-0.4, -0.2) is 75.3 Å². The molecule has 0 bridgehead atoms. The van der Waals surface area contributed by atoms with Gasteiger partial charge >= 0.3 is 0 Å². The molecular weight excluding hydrogens is 386 g/mol. The van der Waals surface area contributed by atoms with E-state index in [1.54, 1.807) is 6.33 Å². The number of amides is 1. The molecule has 2 heterocycles. The van der Waals surface area contributed by atoms with Crippen molar-refractivity contribution in [2.45, 2.75) is 58.5 Å². The molecular formula is C20H35N7OS.